The maximum absolute atomic E-state index is 14.3. The van der Waals surface area contributed by atoms with Crippen LogP contribution in [0.25, 0.3) is 28.0 Å². The van der Waals surface area contributed by atoms with Gasteiger partial charge in [-0.25, -0.2) is 14.8 Å². The lowest BCUT2D eigenvalue weighted by atomic mass is 9.96. The van der Waals surface area contributed by atoms with Crippen molar-refractivity contribution >= 4 is 40.5 Å². The summed E-state index contributed by atoms with van der Waals surface area (Å²) in [4.78, 5) is 63.8. The molecule has 3 aliphatic heterocycles. The maximum atomic E-state index is 14.3. The molecular weight excluding hydrogens is 773 g/mol. The molecule has 0 unspecified atom stereocenters. The first-order chi connectivity index (χ1) is 29.3. The molecule has 5 heterocycles. The minimum absolute atomic E-state index is 0.0123. The number of aromatic amines is 1. The fourth-order valence-electron chi connectivity index (χ4n) is 8.93. The molecule has 2 aromatic heterocycles. The van der Waals surface area contributed by atoms with Crippen molar-refractivity contribution < 1.29 is 19.1 Å². The number of allylic oxidation sites excluding steroid dienone is 1. The van der Waals surface area contributed by atoms with Gasteiger partial charge in [0.2, 0.25) is 11.8 Å². The molecule has 13 heteroatoms. The van der Waals surface area contributed by atoms with E-state index in [1.807, 2.05) is 36.0 Å². The zero-order valence-corrected chi connectivity index (χ0v) is 35.2. The van der Waals surface area contributed by atoms with Crippen LogP contribution in [0.3, 0.4) is 0 Å². The van der Waals surface area contributed by atoms with Crippen LogP contribution < -0.4 is 5.32 Å². The van der Waals surface area contributed by atoms with Gasteiger partial charge < -0.3 is 24.8 Å². The van der Waals surface area contributed by atoms with E-state index in [1.54, 1.807) is 10.4 Å². The van der Waals surface area contributed by atoms with Crippen LogP contribution in [-0.2, 0) is 20.7 Å². The highest BCUT2D eigenvalue weighted by atomic mass is 32.1. The van der Waals surface area contributed by atoms with E-state index < -0.39 is 12.1 Å². The van der Waals surface area contributed by atoms with Crippen molar-refractivity contribution in [2.24, 2.45) is 4.99 Å². The number of nitrogens with one attached hydrogen (secondary N) is 2. The highest BCUT2D eigenvalue weighted by molar-refractivity contribution is 7.07. The highest BCUT2D eigenvalue weighted by Gasteiger charge is 2.39. The van der Waals surface area contributed by atoms with Crippen molar-refractivity contribution in [2.45, 2.75) is 76.5 Å². The number of ether oxygens (including phenoxy) is 1. The fraction of sp³-hybridized carbons (Fsp3) is 0.362. The first-order valence-electron chi connectivity index (χ1n) is 21.0. The largest absolute Gasteiger partial charge is 0.453 e. The molecule has 0 spiro atoms. The van der Waals surface area contributed by atoms with Crippen LogP contribution >= 0.6 is 11.3 Å². The van der Waals surface area contributed by atoms with Crippen LogP contribution in [0, 0.1) is 0 Å². The molecule has 12 nitrogen and oxygen atoms in total. The summed E-state index contributed by atoms with van der Waals surface area (Å²) in [5, 5.41) is 4.59. The van der Waals surface area contributed by atoms with Gasteiger partial charge >= 0.3 is 6.09 Å². The lowest BCUT2D eigenvalue weighted by molar-refractivity contribution is -0.137. The number of benzene rings is 3. The molecule has 0 bridgehead atoms. The average Bonchev–Trinajstić information content (AvgIpc) is 4.15. The zero-order valence-electron chi connectivity index (χ0n) is 34.4. The van der Waals surface area contributed by atoms with Crippen LogP contribution in [0.5, 0.6) is 0 Å². The Labute approximate surface area is 355 Å². The van der Waals surface area contributed by atoms with Crippen molar-refractivity contribution in [1.82, 2.24) is 35.0 Å². The number of alkyl carbamates (subject to hydrolysis) is 1. The number of aromatic nitrogens is 3. The number of carbonyl (C=O) groups excluding carboxylic acids is 3. The Morgan fingerprint density at radius 2 is 1.50 bits per heavy atom. The van der Waals surface area contributed by atoms with E-state index in [1.165, 1.54) is 24.0 Å². The minimum Gasteiger partial charge on any atom is -0.453 e. The summed E-state index contributed by atoms with van der Waals surface area (Å²) in [6, 6.07) is 25.9. The second-order valence-electron chi connectivity index (χ2n) is 15.6. The second kappa shape index (κ2) is 18.6. The molecule has 5 aromatic rings. The number of carbonyl (C=O) groups is 3. The molecule has 2 fully saturated rings. The Bertz CT molecular complexity index is 2320. The van der Waals surface area contributed by atoms with Crippen LogP contribution in [0.2, 0.25) is 0 Å². The third kappa shape index (κ3) is 8.69. The van der Waals surface area contributed by atoms with Crippen molar-refractivity contribution in [3.63, 3.8) is 0 Å². The third-order valence-corrected chi connectivity index (χ3v) is 12.7. The number of likely N-dealkylation sites (tertiary alicyclic amines) is 2. The summed E-state index contributed by atoms with van der Waals surface area (Å²) < 4.78 is 4.82. The summed E-state index contributed by atoms with van der Waals surface area (Å²) in [5.41, 5.74) is 10.9. The SMILES string of the molecule is CCN(CC)[C@@H](C(=O)N1CCC[C@H]1C1=NC=C(c2ccc(-c3ccc(-c4cnc([C@@H]5CCCN5C(=O)[C@H](Cc5cscn5)NC(=O)OC)[nH]4)cc3)cc2)C1)c1ccccc1. The predicted molar refractivity (Wildman–Crippen MR) is 235 cm³/mol. The van der Waals surface area contributed by atoms with Gasteiger partial charge in [0.05, 0.1) is 42.3 Å². The zero-order chi connectivity index (χ0) is 41.6. The molecule has 3 aliphatic rings. The number of methoxy groups -OCH3 is 1. The summed E-state index contributed by atoms with van der Waals surface area (Å²) in [6.45, 7) is 7.18. The number of hydrogen-bond donors (Lipinski definition) is 2. The number of hydrogen-bond acceptors (Lipinski definition) is 9. The number of nitrogens with zero attached hydrogens (tertiary/aromatic N) is 6. The van der Waals surface area contributed by atoms with Crippen LogP contribution in [0.15, 0.2) is 107 Å². The van der Waals surface area contributed by atoms with Gasteiger partial charge in [-0.3, -0.25) is 19.5 Å². The summed E-state index contributed by atoms with van der Waals surface area (Å²) in [5.74, 6) is 0.706. The summed E-state index contributed by atoms with van der Waals surface area (Å²) in [6.07, 6.45) is 7.68. The molecule has 0 aliphatic carbocycles. The van der Waals surface area contributed by atoms with Crippen molar-refractivity contribution in [3.8, 4) is 22.4 Å². The molecule has 2 saturated heterocycles. The van der Waals surface area contributed by atoms with Crippen LogP contribution in [0.1, 0.15) is 80.7 Å². The monoisotopic (exact) mass is 824 g/mol. The summed E-state index contributed by atoms with van der Waals surface area (Å²) in [7, 11) is 1.29. The molecule has 310 valence electrons. The van der Waals surface area contributed by atoms with Gasteiger partial charge in [-0.2, -0.15) is 0 Å². The van der Waals surface area contributed by atoms with Crippen molar-refractivity contribution in [1.29, 1.82) is 0 Å². The first-order valence-corrected chi connectivity index (χ1v) is 21.9. The van der Waals surface area contributed by atoms with E-state index in [-0.39, 0.29) is 36.4 Å². The number of aliphatic imine (C=N–C) groups is 1. The molecule has 60 heavy (non-hydrogen) atoms. The Hall–Kier alpha value is -5.92. The van der Waals surface area contributed by atoms with E-state index in [9.17, 15) is 14.4 Å². The smallest absolute Gasteiger partial charge is 0.407 e. The Morgan fingerprint density at radius 1 is 0.850 bits per heavy atom. The topological polar surface area (TPSA) is 136 Å². The molecule has 3 aromatic carbocycles. The van der Waals surface area contributed by atoms with E-state index in [4.69, 9.17) is 14.7 Å². The second-order valence-corrected chi connectivity index (χ2v) is 16.3. The average molecular weight is 825 g/mol. The molecule has 0 radical (unpaired) electrons. The molecule has 8 rings (SSSR count). The van der Waals surface area contributed by atoms with Gasteiger partial charge in [0.15, 0.2) is 0 Å². The first kappa shape index (κ1) is 40.8. The van der Waals surface area contributed by atoms with Crippen molar-refractivity contribution in [3.05, 3.63) is 125 Å². The van der Waals surface area contributed by atoms with Gasteiger partial charge in [-0.1, -0.05) is 92.7 Å². The molecule has 4 atom stereocenters. The van der Waals surface area contributed by atoms with Crippen LogP contribution in [-0.4, -0.2) is 98.6 Å². The number of H-pyrrole nitrogens is 1. The quantitative estimate of drug-likeness (QED) is 0.116. The number of amides is 3. The minimum atomic E-state index is -0.798. The van der Waals surface area contributed by atoms with Gasteiger partial charge in [-0.05, 0) is 72.2 Å². The van der Waals surface area contributed by atoms with Crippen molar-refractivity contribution in [2.75, 3.05) is 33.3 Å². The van der Waals surface area contributed by atoms with E-state index >= 15 is 0 Å². The number of likely N-dealkylation sites (N-methyl/N-ethyl adjacent to an activating group) is 1. The standard InChI is InChI=1S/C47H52N8O4S/c1-4-53(5-2)43(35-11-7-6-8-12-35)46(57)54-23-9-13-41(54)38-25-36(27-48-38)33-17-15-31(16-18-33)32-19-21-34(22-20-32)40-28-49-44(51-40)42-14-10-24-55(42)45(56)39(52-47(58)59-3)26-37-29-60-30-50-37/h6-8,11-12,15-22,27-30,39,41-43H,4-5,9-10,13-14,23-26H2,1-3H3,(H,49,51)(H,52,58)/t39-,41-,42-,43+/m0/s1. The van der Waals surface area contributed by atoms with Gasteiger partial charge in [0, 0.05) is 43.2 Å². The molecule has 2 N–H and O–H groups in total. The molecular formula is C47H52N8O4S. The fourth-order valence-corrected chi connectivity index (χ4v) is 9.50. The van der Waals surface area contributed by atoms with Gasteiger partial charge in [0.25, 0.3) is 0 Å². The number of thiazole rings is 1. The normalized spacial score (nSPS) is 18.7. The number of imidazole rings is 1. The van der Waals surface area contributed by atoms with E-state index in [0.29, 0.717) is 6.54 Å². The Balaban J connectivity index is 0.896. The Kier molecular flexibility index (Phi) is 12.6. The number of rotatable bonds is 14. The van der Waals surface area contributed by atoms with E-state index in [2.05, 4.69) is 99.6 Å². The van der Waals surface area contributed by atoms with Gasteiger partial charge in [0.1, 0.15) is 17.9 Å². The molecule has 3 amide bonds. The third-order valence-electron chi connectivity index (χ3n) is 12.1. The lowest BCUT2D eigenvalue weighted by Gasteiger charge is -2.35. The molecule has 0 saturated carbocycles. The maximum Gasteiger partial charge on any atom is 0.407 e. The lowest BCUT2D eigenvalue weighted by Crippen LogP contribution is -2.49. The van der Waals surface area contributed by atoms with Crippen LogP contribution in [0.4, 0.5) is 4.79 Å². The highest BCUT2D eigenvalue weighted by Crippen LogP contribution is 2.35. The summed E-state index contributed by atoms with van der Waals surface area (Å²) >= 11 is 1.45. The van der Waals surface area contributed by atoms with E-state index in [0.717, 1.165) is 102 Å². The van der Waals surface area contributed by atoms with Gasteiger partial charge in [-0.15, -0.1) is 11.3 Å². The Morgan fingerprint density at radius 3 is 2.15 bits per heavy atom. The predicted octanol–water partition coefficient (Wildman–Crippen LogP) is 8.09.